The highest BCUT2D eigenvalue weighted by atomic mass is 32.1. The number of ether oxygens (including phenoxy) is 2. The van der Waals surface area contributed by atoms with E-state index in [0.29, 0.717) is 26.4 Å². The zero-order chi connectivity index (χ0) is 28.7. The van der Waals surface area contributed by atoms with Gasteiger partial charge in [-0.05, 0) is 66.9 Å². The van der Waals surface area contributed by atoms with Gasteiger partial charge in [0.1, 0.15) is 5.75 Å². The number of hydrogen-bond donors (Lipinski definition) is 0. The molecule has 206 valence electrons. The van der Waals surface area contributed by atoms with Crippen LogP contribution >= 0.6 is 11.3 Å². The summed E-state index contributed by atoms with van der Waals surface area (Å²) < 4.78 is 13.8. The molecule has 0 unspecified atom stereocenters. The molecule has 0 bridgehead atoms. The van der Waals surface area contributed by atoms with Gasteiger partial charge in [-0.2, -0.15) is 0 Å². The van der Waals surface area contributed by atoms with Crippen LogP contribution in [0.2, 0.25) is 0 Å². The lowest BCUT2D eigenvalue weighted by Gasteiger charge is -2.25. The van der Waals surface area contributed by atoms with Crippen LogP contribution < -0.4 is 19.6 Å². The Morgan fingerprint density at radius 3 is 2.39 bits per heavy atom. The maximum atomic E-state index is 14.3. The average molecular weight is 563 g/mol. The van der Waals surface area contributed by atoms with Crippen LogP contribution in [0.15, 0.2) is 99.9 Å². The fourth-order valence-corrected chi connectivity index (χ4v) is 6.52. The van der Waals surface area contributed by atoms with Gasteiger partial charge in [-0.25, -0.2) is 9.79 Å². The molecule has 4 aromatic carbocycles. The zero-order valence-electron chi connectivity index (χ0n) is 23.4. The van der Waals surface area contributed by atoms with Crippen molar-refractivity contribution < 1.29 is 14.3 Å². The maximum Gasteiger partial charge on any atom is 0.338 e. The number of thiazole rings is 1. The second-order valence-corrected chi connectivity index (χ2v) is 11.2. The number of aromatic nitrogens is 1. The summed E-state index contributed by atoms with van der Waals surface area (Å²) in [6.07, 6.45) is 1.86. The largest absolute Gasteiger partial charge is 0.490 e. The van der Waals surface area contributed by atoms with Crippen LogP contribution in [0.1, 0.15) is 44.9 Å². The van der Waals surface area contributed by atoms with Crippen molar-refractivity contribution in [2.75, 3.05) is 6.61 Å². The Hall–Kier alpha value is -4.49. The lowest BCUT2D eigenvalue weighted by molar-refractivity contribution is -0.139. The number of carbonyl (C=O) groups excluding carboxylic acids is 1. The molecule has 0 N–H and O–H groups in total. The van der Waals surface area contributed by atoms with Gasteiger partial charge >= 0.3 is 5.97 Å². The van der Waals surface area contributed by atoms with Gasteiger partial charge in [-0.3, -0.25) is 9.36 Å². The van der Waals surface area contributed by atoms with Gasteiger partial charge < -0.3 is 9.47 Å². The van der Waals surface area contributed by atoms with Gasteiger partial charge in [0.2, 0.25) is 0 Å². The van der Waals surface area contributed by atoms with Crippen LogP contribution in [0.4, 0.5) is 0 Å². The lowest BCUT2D eigenvalue weighted by atomic mass is 9.91. The van der Waals surface area contributed by atoms with Crippen molar-refractivity contribution in [3.8, 4) is 5.75 Å². The van der Waals surface area contributed by atoms with Crippen LogP contribution in [0.3, 0.4) is 0 Å². The first-order valence-corrected chi connectivity index (χ1v) is 14.5. The van der Waals surface area contributed by atoms with Gasteiger partial charge in [0.15, 0.2) is 4.80 Å². The molecule has 1 aromatic heterocycles. The molecule has 2 heterocycles. The van der Waals surface area contributed by atoms with Crippen LogP contribution in [0.5, 0.6) is 5.75 Å². The van der Waals surface area contributed by atoms with E-state index < -0.39 is 12.0 Å². The van der Waals surface area contributed by atoms with E-state index in [2.05, 4.69) is 0 Å². The van der Waals surface area contributed by atoms with Crippen molar-refractivity contribution in [3.05, 3.63) is 121 Å². The Morgan fingerprint density at radius 1 is 0.976 bits per heavy atom. The second kappa shape index (κ2) is 10.8. The number of carbonyl (C=O) groups is 1. The average Bonchev–Trinajstić information content (AvgIpc) is 3.27. The van der Waals surface area contributed by atoms with Crippen molar-refractivity contribution in [2.24, 2.45) is 4.99 Å². The monoisotopic (exact) mass is 562 g/mol. The lowest BCUT2D eigenvalue weighted by Crippen LogP contribution is -2.40. The Kier molecular flexibility index (Phi) is 7.05. The normalized spacial score (nSPS) is 15.3. The quantitative estimate of drug-likeness (QED) is 0.242. The van der Waals surface area contributed by atoms with Gasteiger partial charge in [0, 0.05) is 5.56 Å². The van der Waals surface area contributed by atoms with Gasteiger partial charge in [-0.1, -0.05) is 84.1 Å². The summed E-state index contributed by atoms with van der Waals surface area (Å²) in [5.74, 6) is 0.237. The highest BCUT2D eigenvalue weighted by Crippen LogP contribution is 2.35. The molecule has 0 fully saturated rings. The van der Waals surface area contributed by atoms with Crippen molar-refractivity contribution >= 4 is 44.9 Å². The minimum absolute atomic E-state index is 0.0364. The molecule has 6 nitrogen and oxygen atoms in total. The molecule has 1 aliphatic rings. The summed E-state index contributed by atoms with van der Waals surface area (Å²) >= 11 is 1.31. The number of nitrogens with zero attached hydrogens (tertiary/aromatic N) is 2. The summed E-state index contributed by atoms with van der Waals surface area (Å²) in [4.78, 5) is 33.0. The number of allylic oxidation sites excluding steroid dienone is 1. The molecular weight excluding hydrogens is 532 g/mol. The molecule has 0 aliphatic carbocycles. The fourth-order valence-electron chi connectivity index (χ4n) is 5.49. The SMILES string of the molecule is CCOC(=O)C1=C(C)N=c2s/c(=C/c3c(OC(C)C)ccc4ccccc34)c(=O)n2[C@@H]1c1cccc2ccccc12. The first-order chi connectivity index (χ1) is 19.9. The molecule has 1 aliphatic heterocycles. The highest BCUT2D eigenvalue weighted by molar-refractivity contribution is 7.07. The van der Waals surface area contributed by atoms with Crippen molar-refractivity contribution in [3.63, 3.8) is 0 Å². The first-order valence-electron chi connectivity index (χ1n) is 13.7. The van der Waals surface area contributed by atoms with Gasteiger partial charge in [0.05, 0.1) is 34.6 Å². The molecular formula is C34H30N2O4S. The summed E-state index contributed by atoms with van der Waals surface area (Å²) in [6, 6.07) is 25.3. The first kappa shape index (κ1) is 26.7. The Labute approximate surface area is 241 Å². The van der Waals surface area contributed by atoms with Crippen LogP contribution in [0, 0.1) is 0 Å². The third-order valence-corrected chi connectivity index (χ3v) is 8.19. The zero-order valence-corrected chi connectivity index (χ0v) is 24.2. The molecule has 41 heavy (non-hydrogen) atoms. The molecule has 5 aromatic rings. The van der Waals surface area contributed by atoms with Crippen molar-refractivity contribution in [1.29, 1.82) is 0 Å². The van der Waals surface area contributed by atoms with Gasteiger partial charge in [0.25, 0.3) is 5.56 Å². The Bertz CT molecular complexity index is 2030. The molecule has 0 radical (unpaired) electrons. The van der Waals surface area contributed by atoms with Gasteiger partial charge in [-0.15, -0.1) is 0 Å². The predicted octanol–water partition coefficient (Wildman–Crippen LogP) is 5.89. The number of hydrogen-bond acceptors (Lipinski definition) is 6. The van der Waals surface area contributed by atoms with E-state index in [0.717, 1.165) is 32.7 Å². The molecule has 0 amide bonds. The van der Waals surface area contributed by atoms with Crippen LogP contribution in [0.25, 0.3) is 27.6 Å². The van der Waals surface area contributed by atoms with E-state index in [1.165, 1.54) is 11.3 Å². The molecule has 0 saturated carbocycles. The highest BCUT2D eigenvalue weighted by Gasteiger charge is 2.34. The third kappa shape index (κ3) is 4.76. The standard InChI is InChI=1S/C34H30N2O4S/c1-5-39-33(38)30-21(4)35-34-36(31(30)26-16-10-13-22-11-6-8-14-24(22)26)32(37)29(41-34)19-27-25-15-9-7-12-23(25)17-18-28(27)40-20(2)3/h6-20,31H,5H2,1-4H3/b29-19+/t31-/m1/s1. The summed E-state index contributed by atoms with van der Waals surface area (Å²) in [5.41, 5.74) is 2.39. The summed E-state index contributed by atoms with van der Waals surface area (Å²) in [7, 11) is 0. The summed E-state index contributed by atoms with van der Waals surface area (Å²) in [5, 5.41) is 4.03. The minimum Gasteiger partial charge on any atom is -0.490 e. The minimum atomic E-state index is -0.683. The van der Waals surface area contributed by atoms with E-state index in [1.54, 1.807) is 18.4 Å². The second-order valence-electron chi connectivity index (χ2n) is 10.2. The predicted molar refractivity (Wildman–Crippen MR) is 164 cm³/mol. The number of esters is 1. The van der Waals surface area contributed by atoms with Crippen LogP contribution in [-0.4, -0.2) is 23.2 Å². The maximum absolute atomic E-state index is 14.3. The van der Waals surface area contributed by atoms with E-state index in [9.17, 15) is 9.59 Å². The Morgan fingerprint density at radius 2 is 1.66 bits per heavy atom. The Balaban J connectivity index is 1.64. The summed E-state index contributed by atoms with van der Waals surface area (Å²) in [6.45, 7) is 7.77. The van der Waals surface area contributed by atoms with E-state index >= 15 is 0 Å². The van der Waals surface area contributed by atoms with Crippen molar-refractivity contribution in [2.45, 2.75) is 39.8 Å². The number of benzene rings is 4. The molecule has 0 spiro atoms. The smallest absolute Gasteiger partial charge is 0.338 e. The number of fused-ring (bicyclic) bond motifs is 3. The van der Waals surface area contributed by atoms with E-state index in [-0.39, 0.29) is 18.3 Å². The van der Waals surface area contributed by atoms with Crippen LogP contribution in [-0.2, 0) is 9.53 Å². The molecule has 1 atom stereocenters. The fraction of sp³-hybridized carbons (Fsp3) is 0.206. The number of rotatable bonds is 6. The molecule has 0 saturated heterocycles. The third-order valence-electron chi connectivity index (χ3n) is 7.20. The van der Waals surface area contributed by atoms with Crippen molar-refractivity contribution in [1.82, 2.24) is 4.57 Å². The van der Waals surface area contributed by atoms with E-state index in [4.69, 9.17) is 14.5 Å². The molecule has 6 rings (SSSR count). The topological polar surface area (TPSA) is 69.9 Å². The molecule has 7 heteroatoms. The van der Waals surface area contributed by atoms with E-state index in [1.807, 2.05) is 98.8 Å².